The van der Waals surface area contributed by atoms with Gasteiger partial charge in [0.25, 0.3) is 15.9 Å². The van der Waals surface area contributed by atoms with Gasteiger partial charge in [-0.2, -0.15) is 0 Å². The van der Waals surface area contributed by atoms with E-state index in [0.29, 0.717) is 45.1 Å². The number of ether oxygens (including phenoxy) is 2. The summed E-state index contributed by atoms with van der Waals surface area (Å²) in [6, 6.07) is 15.9. The molecule has 0 spiro atoms. The van der Waals surface area contributed by atoms with Crippen molar-refractivity contribution in [1.82, 2.24) is 0 Å². The Morgan fingerprint density at radius 3 is 2.24 bits per heavy atom. The zero-order chi connectivity index (χ0) is 24.0. The van der Waals surface area contributed by atoms with Crippen molar-refractivity contribution in [1.29, 1.82) is 0 Å². The van der Waals surface area contributed by atoms with Crippen molar-refractivity contribution in [3.63, 3.8) is 0 Å². The van der Waals surface area contributed by atoms with Gasteiger partial charge in [0.1, 0.15) is 11.5 Å². The standard InChI is InChI=1S/C23H22Cl2N2O5S/c1-3-31-17-9-7-16(8-10-17)27-33(29,30)18-11-12-21(15(2)13-18)32-14-22(28)26-23-19(24)5-4-6-20(23)25/h4-13,27H,3,14H2,1-2H3,(H,26,28). The van der Waals surface area contributed by atoms with Gasteiger partial charge < -0.3 is 14.8 Å². The number of nitrogens with one attached hydrogen (secondary N) is 2. The average Bonchev–Trinajstić information content (AvgIpc) is 2.77. The first-order valence-corrected chi connectivity index (χ1v) is 12.2. The number of para-hydroxylation sites is 1. The van der Waals surface area contributed by atoms with Crippen LogP contribution < -0.4 is 19.5 Å². The van der Waals surface area contributed by atoms with Crippen LogP contribution in [0.2, 0.25) is 10.0 Å². The molecule has 3 rings (SSSR count). The number of anilines is 2. The quantitative estimate of drug-likeness (QED) is 0.396. The van der Waals surface area contributed by atoms with Crippen LogP contribution in [0.4, 0.5) is 11.4 Å². The van der Waals surface area contributed by atoms with Gasteiger partial charge in [-0.1, -0.05) is 29.3 Å². The minimum atomic E-state index is -3.81. The molecule has 0 saturated carbocycles. The summed E-state index contributed by atoms with van der Waals surface area (Å²) in [5.74, 6) is 0.562. The number of aryl methyl sites for hydroxylation is 1. The molecule has 0 atom stereocenters. The van der Waals surface area contributed by atoms with Gasteiger partial charge in [0, 0.05) is 5.69 Å². The highest BCUT2D eigenvalue weighted by Gasteiger charge is 2.17. The molecule has 3 aromatic carbocycles. The maximum Gasteiger partial charge on any atom is 0.262 e. The molecule has 0 aliphatic heterocycles. The monoisotopic (exact) mass is 508 g/mol. The van der Waals surface area contributed by atoms with Crippen molar-refractivity contribution in [2.75, 3.05) is 23.3 Å². The molecule has 0 fully saturated rings. The Hall–Kier alpha value is -2.94. The van der Waals surface area contributed by atoms with Crippen molar-refractivity contribution in [2.45, 2.75) is 18.7 Å². The minimum absolute atomic E-state index is 0.0635. The average molecular weight is 509 g/mol. The van der Waals surface area contributed by atoms with Crippen LogP contribution in [0.15, 0.2) is 65.6 Å². The Morgan fingerprint density at radius 1 is 0.970 bits per heavy atom. The molecule has 0 saturated heterocycles. The molecule has 3 aromatic rings. The molecular weight excluding hydrogens is 487 g/mol. The van der Waals surface area contributed by atoms with Gasteiger partial charge in [0.15, 0.2) is 6.61 Å². The number of amides is 1. The SMILES string of the molecule is CCOc1ccc(NS(=O)(=O)c2ccc(OCC(=O)Nc3c(Cl)cccc3Cl)c(C)c2)cc1. The molecule has 1 amide bonds. The minimum Gasteiger partial charge on any atom is -0.494 e. The summed E-state index contributed by atoms with van der Waals surface area (Å²) in [7, 11) is -3.81. The maximum absolute atomic E-state index is 12.7. The lowest BCUT2D eigenvalue weighted by Gasteiger charge is -2.13. The largest absolute Gasteiger partial charge is 0.494 e. The van der Waals surface area contributed by atoms with Crippen LogP contribution in [0.5, 0.6) is 11.5 Å². The highest BCUT2D eigenvalue weighted by molar-refractivity contribution is 7.92. The number of benzene rings is 3. The Balaban J connectivity index is 1.64. The van der Waals surface area contributed by atoms with E-state index in [4.69, 9.17) is 32.7 Å². The maximum atomic E-state index is 12.7. The normalized spacial score (nSPS) is 11.0. The smallest absolute Gasteiger partial charge is 0.262 e. The Labute approximate surface area is 202 Å². The first-order valence-electron chi connectivity index (χ1n) is 9.92. The van der Waals surface area contributed by atoms with Crippen LogP contribution in [-0.4, -0.2) is 27.5 Å². The Bertz CT molecular complexity index is 1230. The van der Waals surface area contributed by atoms with Crippen molar-refractivity contribution in [2.24, 2.45) is 0 Å². The molecule has 0 unspecified atom stereocenters. The summed E-state index contributed by atoms with van der Waals surface area (Å²) in [5, 5.41) is 3.21. The molecular formula is C23H22Cl2N2O5S. The second-order valence-electron chi connectivity index (χ2n) is 6.92. The van der Waals surface area contributed by atoms with Gasteiger partial charge in [-0.25, -0.2) is 8.42 Å². The summed E-state index contributed by atoms with van der Waals surface area (Å²) < 4.78 is 38.9. The Kier molecular flexibility index (Phi) is 8.07. The summed E-state index contributed by atoms with van der Waals surface area (Å²) >= 11 is 12.1. The molecule has 2 N–H and O–H groups in total. The van der Waals surface area contributed by atoms with Crippen molar-refractivity contribution in [3.8, 4) is 11.5 Å². The van der Waals surface area contributed by atoms with E-state index in [0.717, 1.165) is 0 Å². The number of rotatable bonds is 9. The van der Waals surface area contributed by atoms with E-state index >= 15 is 0 Å². The van der Waals surface area contributed by atoms with E-state index in [1.165, 1.54) is 18.2 Å². The van der Waals surface area contributed by atoms with E-state index in [-0.39, 0.29) is 11.5 Å². The number of hydrogen-bond donors (Lipinski definition) is 2. The number of hydrogen-bond acceptors (Lipinski definition) is 5. The molecule has 33 heavy (non-hydrogen) atoms. The van der Waals surface area contributed by atoms with Crippen LogP contribution in [0.25, 0.3) is 0 Å². The topological polar surface area (TPSA) is 93.7 Å². The van der Waals surface area contributed by atoms with Gasteiger partial charge in [-0.15, -0.1) is 0 Å². The second kappa shape index (κ2) is 10.8. The lowest BCUT2D eigenvalue weighted by atomic mass is 10.2. The number of halogens is 2. The third-order valence-electron chi connectivity index (χ3n) is 4.46. The summed E-state index contributed by atoms with van der Waals surface area (Å²) in [6.45, 7) is 3.77. The van der Waals surface area contributed by atoms with Crippen LogP contribution >= 0.6 is 23.2 Å². The van der Waals surface area contributed by atoms with Crippen LogP contribution in [0, 0.1) is 6.92 Å². The van der Waals surface area contributed by atoms with Gasteiger partial charge in [-0.05, 0) is 74.0 Å². The van der Waals surface area contributed by atoms with Crippen molar-refractivity contribution in [3.05, 3.63) is 76.3 Å². The molecule has 10 heteroatoms. The van der Waals surface area contributed by atoms with Crippen LogP contribution in [-0.2, 0) is 14.8 Å². The summed E-state index contributed by atoms with van der Waals surface area (Å²) in [5.41, 5.74) is 1.26. The number of carbonyl (C=O) groups excluding carboxylic acids is 1. The molecule has 0 aliphatic rings. The molecule has 0 aliphatic carbocycles. The van der Waals surface area contributed by atoms with E-state index in [2.05, 4.69) is 10.0 Å². The highest BCUT2D eigenvalue weighted by Crippen LogP contribution is 2.30. The first-order chi connectivity index (χ1) is 15.7. The zero-order valence-electron chi connectivity index (χ0n) is 17.9. The van der Waals surface area contributed by atoms with E-state index in [1.807, 2.05) is 6.92 Å². The first kappa shape index (κ1) is 24.7. The fourth-order valence-electron chi connectivity index (χ4n) is 2.89. The molecule has 0 aromatic heterocycles. The fourth-order valence-corrected chi connectivity index (χ4v) is 4.52. The molecule has 0 radical (unpaired) electrons. The van der Waals surface area contributed by atoms with E-state index < -0.39 is 15.9 Å². The van der Waals surface area contributed by atoms with Gasteiger partial charge >= 0.3 is 0 Å². The lowest BCUT2D eigenvalue weighted by molar-refractivity contribution is -0.118. The third kappa shape index (κ3) is 6.54. The Morgan fingerprint density at radius 2 is 1.64 bits per heavy atom. The zero-order valence-corrected chi connectivity index (χ0v) is 20.2. The van der Waals surface area contributed by atoms with Crippen molar-refractivity contribution >= 4 is 50.5 Å². The van der Waals surface area contributed by atoms with Crippen molar-refractivity contribution < 1.29 is 22.7 Å². The van der Waals surface area contributed by atoms with Gasteiger partial charge in [0.05, 0.1) is 27.2 Å². The summed E-state index contributed by atoms with van der Waals surface area (Å²) in [4.78, 5) is 12.3. The van der Waals surface area contributed by atoms with Crippen LogP contribution in [0.1, 0.15) is 12.5 Å². The van der Waals surface area contributed by atoms with Gasteiger partial charge in [-0.3, -0.25) is 9.52 Å². The highest BCUT2D eigenvalue weighted by atomic mass is 35.5. The second-order valence-corrected chi connectivity index (χ2v) is 9.42. The molecule has 0 bridgehead atoms. The lowest BCUT2D eigenvalue weighted by Crippen LogP contribution is -2.21. The van der Waals surface area contributed by atoms with E-state index in [1.54, 1.807) is 49.4 Å². The molecule has 7 nitrogen and oxygen atoms in total. The van der Waals surface area contributed by atoms with E-state index in [9.17, 15) is 13.2 Å². The summed E-state index contributed by atoms with van der Waals surface area (Å²) in [6.07, 6.45) is 0. The number of carbonyl (C=O) groups is 1. The van der Waals surface area contributed by atoms with Crippen LogP contribution in [0.3, 0.4) is 0 Å². The molecule has 174 valence electrons. The predicted molar refractivity (Wildman–Crippen MR) is 130 cm³/mol. The van der Waals surface area contributed by atoms with Gasteiger partial charge in [0.2, 0.25) is 0 Å². The fraction of sp³-hybridized carbons (Fsp3) is 0.174. The number of sulfonamides is 1. The molecule has 0 heterocycles. The third-order valence-corrected chi connectivity index (χ3v) is 6.47. The predicted octanol–water partition coefficient (Wildman–Crippen LogP) is 5.52.